The summed E-state index contributed by atoms with van der Waals surface area (Å²) in [5.41, 5.74) is 1.94. The molecule has 1 aromatic heterocycles. The first-order chi connectivity index (χ1) is 17.8. The third kappa shape index (κ3) is 6.66. The average molecular weight is 539 g/mol. The number of carboxylic acid groups (broad SMARTS) is 1. The molecule has 37 heavy (non-hydrogen) atoms. The van der Waals surface area contributed by atoms with Crippen LogP contribution in [0.25, 0.3) is 17.5 Å². The maximum absolute atomic E-state index is 11.9. The number of nitrogens with zero attached hydrogens (tertiary/aromatic N) is 3. The molecule has 10 nitrogen and oxygen atoms in total. The van der Waals surface area contributed by atoms with Gasteiger partial charge in [0, 0.05) is 17.2 Å². The molecule has 3 aromatic carbocycles. The molecule has 0 radical (unpaired) electrons. The number of benzene rings is 3. The quantitative estimate of drug-likeness (QED) is 0.110. The van der Waals surface area contributed by atoms with E-state index in [4.69, 9.17) is 21.1 Å². The number of methoxy groups -OCH3 is 1. The molecule has 0 spiro atoms. The number of aromatic nitrogens is 3. The van der Waals surface area contributed by atoms with Gasteiger partial charge in [-0.1, -0.05) is 23.7 Å². The fourth-order valence-corrected chi connectivity index (χ4v) is 4.12. The normalized spacial score (nSPS) is 11.2. The molecule has 4 aromatic rings. The summed E-state index contributed by atoms with van der Waals surface area (Å²) >= 11 is 6.97. The highest BCUT2D eigenvalue weighted by atomic mass is 35.5. The van der Waals surface area contributed by atoms with E-state index in [0.717, 1.165) is 17.3 Å². The molecule has 0 bridgehead atoms. The Labute approximate surface area is 220 Å². The van der Waals surface area contributed by atoms with Crippen molar-refractivity contribution in [2.45, 2.75) is 11.8 Å². The number of carboxylic acids is 1. The minimum Gasteiger partial charge on any atom is -0.496 e. The van der Waals surface area contributed by atoms with E-state index in [1.54, 1.807) is 54.6 Å². The first kappa shape index (κ1) is 25.7. The number of nitro benzene ring substituents is 1. The van der Waals surface area contributed by atoms with Gasteiger partial charge in [-0.3, -0.25) is 15.2 Å². The monoisotopic (exact) mass is 538 g/mol. The van der Waals surface area contributed by atoms with Crippen LogP contribution in [0.15, 0.2) is 76.8 Å². The molecule has 0 unspecified atom stereocenters. The summed E-state index contributed by atoms with van der Waals surface area (Å²) in [5.74, 6) is 0.286. The Morgan fingerprint density at radius 2 is 1.97 bits per heavy atom. The molecule has 0 saturated carbocycles. The zero-order chi connectivity index (χ0) is 26.4. The molecule has 1 heterocycles. The SMILES string of the molecule is COc1ccc(Cl)cc1-c1nc(S/C(=C\c2cccc(OCc3ccc([N+](=O)[O-])cc3)c2)C(=O)O)n[nH]1. The lowest BCUT2D eigenvalue weighted by atomic mass is 10.2. The van der Waals surface area contributed by atoms with E-state index in [1.807, 2.05) is 0 Å². The predicted molar refractivity (Wildman–Crippen MR) is 139 cm³/mol. The summed E-state index contributed by atoms with van der Waals surface area (Å²) in [4.78, 5) is 26.6. The zero-order valence-corrected chi connectivity index (χ0v) is 20.8. The minimum absolute atomic E-state index is 0.000175. The lowest BCUT2D eigenvalue weighted by molar-refractivity contribution is -0.384. The Morgan fingerprint density at radius 3 is 2.68 bits per heavy atom. The standard InChI is InChI=1S/C25H19ClN4O6S/c1-35-21-10-7-17(26)13-20(21)23-27-25(29-28-23)37-22(24(31)32)12-16-3-2-4-19(11-16)36-14-15-5-8-18(9-6-15)30(33)34/h2-13H,14H2,1H3,(H,31,32)(H,27,28,29)/b22-12-. The summed E-state index contributed by atoms with van der Waals surface area (Å²) in [5, 5.41) is 28.1. The second-order valence-electron chi connectivity index (χ2n) is 7.51. The van der Waals surface area contributed by atoms with Crippen molar-refractivity contribution in [3.8, 4) is 22.9 Å². The number of carbonyl (C=O) groups is 1. The highest BCUT2D eigenvalue weighted by Crippen LogP contribution is 2.33. The van der Waals surface area contributed by atoms with Gasteiger partial charge >= 0.3 is 5.97 Å². The summed E-state index contributed by atoms with van der Waals surface area (Å²) in [6.45, 7) is 0.193. The second-order valence-corrected chi connectivity index (χ2v) is 8.96. The smallest absolute Gasteiger partial charge is 0.342 e. The Balaban J connectivity index is 1.49. The molecule has 0 aliphatic carbocycles. The molecule has 0 amide bonds. The highest BCUT2D eigenvalue weighted by molar-refractivity contribution is 8.04. The number of nitro groups is 1. The molecule has 0 aliphatic rings. The lowest BCUT2D eigenvalue weighted by Gasteiger charge is -2.07. The van der Waals surface area contributed by atoms with Gasteiger partial charge in [-0.25, -0.2) is 9.78 Å². The van der Waals surface area contributed by atoms with Crippen molar-refractivity contribution in [3.63, 3.8) is 0 Å². The molecule has 2 N–H and O–H groups in total. The van der Waals surface area contributed by atoms with Crippen LogP contribution in [0.4, 0.5) is 5.69 Å². The predicted octanol–water partition coefficient (Wildman–Crippen LogP) is 5.84. The largest absolute Gasteiger partial charge is 0.496 e. The number of H-pyrrole nitrogens is 1. The van der Waals surface area contributed by atoms with Gasteiger partial charge in [0.25, 0.3) is 5.69 Å². The number of aliphatic carboxylic acids is 1. The van der Waals surface area contributed by atoms with Crippen LogP contribution in [0.2, 0.25) is 5.02 Å². The molecular formula is C25H19ClN4O6S. The van der Waals surface area contributed by atoms with Crippen LogP contribution >= 0.6 is 23.4 Å². The van der Waals surface area contributed by atoms with E-state index in [1.165, 1.54) is 25.3 Å². The fraction of sp³-hybridized carbons (Fsp3) is 0.0800. The van der Waals surface area contributed by atoms with Gasteiger partial charge in [-0.15, -0.1) is 5.10 Å². The zero-order valence-electron chi connectivity index (χ0n) is 19.3. The average Bonchev–Trinajstić information content (AvgIpc) is 3.36. The van der Waals surface area contributed by atoms with Crippen LogP contribution in [0.1, 0.15) is 11.1 Å². The molecule has 0 aliphatic heterocycles. The summed E-state index contributed by atoms with van der Waals surface area (Å²) in [6, 6.07) is 18.0. The van der Waals surface area contributed by atoms with Crippen LogP contribution in [-0.2, 0) is 11.4 Å². The molecular weight excluding hydrogens is 520 g/mol. The number of non-ortho nitro benzene ring substituents is 1. The summed E-state index contributed by atoms with van der Waals surface area (Å²) in [7, 11) is 1.52. The summed E-state index contributed by atoms with van der Waals surface area (Å²) < 4.78 is 11.1. The lowest BCUT2D eigenvalue weighted by Crippen LogP contribution is -1.98. The fourth-order valence-electron chi connectivity index (χ4n) is 3.24. The number of hydrogen-bond acceptors (Lipinski definition) is 8. The van der Waals surface area contributed by atoms with Crippen molar-refractivity contribution >= 4 is 41.1 Å². The number of nitrogens with one attached hydrogen (secondary N) is 1. The van der Waals surface area contributed by atoms with Crippen LogP contribution < -0.4 is 9.47 Å². The maximum Gasteiger partial charge on any atom is 0.342 e. The Kier molecular flexibility index (Phi) is 8.06. The maximum atomic E-state index is 11.9. The number of rotatable bonds is 10. The Morgan fingerprint density at radius 1 is 1.19 bits per heavy atom. The van der Waals surface area contributed by atoms with Crippen LogP contribution in [0, 0.1) is 10.1 Å². The third-order valence-electron chi connectivity index (χ3n) is 5.00. The number of halogens is 1. The molecule has 0 fully saturated rings. The van der Waals surface area contributed by atoms with Gasteiger partial charge in [-0.05, 0) is 71.4 Å². The van der Waals surface area contributed by atoms with Gasteiger partial charge in [0.15, 0.2) is 5.82 Å². The number of thioether (sulfide) groups is 1. The molecule has 0 atom stereocenters. The van der Waals surface area contributed by atoms with Crippen molar-refractivity contribution in [1.82, 2.24) is 15.2 Å². The Hall–Kier alpha value is -4.35. The topological polar surface area (TPSA) is 140 Å². The van der Waals surface area contributed by atoms with Gasteiger partial charge in [0.1, 0.15) is 23.0 Å². The molecule has 0 saturated heterocycles. The first-order valence-corrected chi connectivity index (χ1v) is 11.9. The Bertz CT molecular complexity index is 1470. The van der Waals surface area contributed by atoms with Crippen molar-refractivity contribution < 1.29 is 24.3 Å². The molecule has 188 valence electrons. The van der Waals surface area contributed by atoms with E-state index in [-0.39, 0.29) is 22.4 Å². The van der Waals surface area contributed by atoms with Gasteiger partial charge in [0.05, 0.1) is 17.6 Å². The molecule has 4 rings (SSSR count). The van der Waals surface area contributed by atoms with Crippen molar-refractivity contribution in [1.29, 1.82) is 0 Å². The van der Waals surface area contributed by atoms with E-state index >= 15 is 0 Å². The van der Waals surface area contributed by atoms with Crippen LogP contribution in [0.5, 0.6) is 11.5 Å². The van der Waals surface area contributed by atoms with E-state index in [2.05, 4.69) is 15.2 Å². The van der Waals surface area contributed by atoms with Crippen molar-refractivity contribution in [3.05, 3.63) is 97.9 Å². The first-order valence-electron chi connectivity index (χ1n) is 10.7. The minimum atomic E-state index is -1.14. The van der Waals surface area contributed by atoms with Crippen LogP contribution in [0.3, 0.4) is 0 Å². The van der Waals surface area contributed by atoms with Crippen LogP contribution in [-0.4, -0.2) is 38.3 Å². The van der Waals surface area contributed by atoms with E-state index < -0.39 is 10.9 Å². The number of aromatic amines is 1. The van der Waals surface area contributed by atoms with Crippen molar-refractivity contribution in [2.75, 3.05) is 7.11 Å². The second kappa shape index (κ2) is 11.6. The van der Waals surface area contributed by atoms with E-state index in [9.17, 15) is 20.0 Å². The number of hydrogen-bond donors (Lipinski definition) is 2. The van der Waals surface area contributed by atoms with Gasteiger partial charge in [-0.2, -0.15) is 0 Å². The highest BCUT2D eigenvalue weighted by Gasteiger charge is 2.16. The molecule has 12 heteroatoms. The number of ether oxygens (including phenoxy) is 2. The third-order valence-corrected chi connectivity index (χ3v) is 6.11. The van der Waals surface area contributed by atoms with Gasteiger partial charge in [0.2, 0.25) is 5.16 Å². The van der Waals surface area contributed by atoms with Gasteiger partial charge < -0.3 is 14.6 Å². The van der Waals surface area contributed by atoms with E-state index in [0.29, 0.717) is 33.5 Å². The summed E-state index contributed by atoms with van der Waals surface area (Å²) in [6.07, 6.45) is 1.49. The van der Waals surface area contributed by atoms with Crippen molar-refractivity contribution in [2.24, 2.45) is 0 Å².